The number of phenolic OH excluding ortho intramolecular Hbond substituents is 1. The fraction of sp³-hybridized carbons (Fsp3) is 0.605. The van der Waals surface area contributed by atoms with Crippen molar-refractivity contribution in [2.45, 2.75) is 128 Å². The monoisotopic (exact) mass is 1020 g/mol. The highest BCUT2D eigenvalue weighted by atomic mass is 33.1. The van der Waals surface area contributed by atoms with Crippen LogP contribution in [0.5, 0.6) is 5.75 Å². The molecule has 0 aliphatic carbocycles. The molecule has 1 aromatic carbocycles. The molecule has 0 aromatic heterocycles. The summed E-state index contributed by atoms with van der Waals surface area (Å²) in [4.78, 5) is 147. The molecule has 25 nitrogen and oxygen atoms in total. The summed E-state index contributed by atoms with van der Waals surface area (Å²) in [5.41, 5.74) is 22.9. The standard InChI is InChI=1S/C43H67N13O12S2/c1-5-22(4)35-54-40(65)28(16-23-8-10-24(57)11-9-23)49-36(61)25(44)19-69-70-20-30(52-39(64)29(17-33(46)59)50-38(63)26(12-13-32(45)58)53-43(68)55-35)42(67)56-14-6-7-31(56)41(66)51-27(15-21(2)3)37(62)48-18-34(47)60/h8-11,21-22,25-31,35,57H,5-7,12-20,44H2,1-4H3,(H2,45,58)(H2,46,59)(H2,47,60)(H,48,62)(H,49,61)(H,50,63)(H,51,66)(H,52,64)(H,54,65)(H2,53,55,68)/t22-,25-,26-,27-,28-,29-,30-,31-,35-/m0/s1. The lowest BCUT2D eigenvalue weighted by molar-refractivity contribution is -0.142. The van der Waals surface area contributed by atoms with Crippen molar-refractivity contribution in [2.24, 2.45) is 34.8 Å². The molecule has 0 bridgehead atoms. The van der Waals surface area contributed by atoms with Crippen LogP contribution in [0.3, 0.4) is 0 Å². The van der Waals surface area contributed by atoms with E-state index in [2.05, 4.69) is 42.5 Å². The second kappa shape index (κ2) is 28.3. The number of hydrogen-bond donors (Lipinski definition) is 13. The van der Waals surface area contributed by atoms with E-state index in [1.54, 1.807) is 26.0 Å². The maximum atomic E-state index is 14.5. The summed E-state index contributed by atoms with van der Waals surface area (Å²) in [6.45, 7) is 6.70. The molecule has 9 atom stereocenters. The molecule has 0 unspecified atom stereocenters. The van der Waals surface area contributed by atoms with E-state index < -0.39 is 139 Å². The first-order chi connectivity index (χ1) is 33.0. The minimum atomic E-state index is -1.75. The second-order valence-electron chi connectivity index (χ2n) is 17.5. The number of primary amides is 3. The van der Waals surface area contributed by atoms with Gasteiger partial charge in [-0.25, -0.2) is 4.79 Å². The Bertz CT molecular complexity index is 2070. The van der Waals surface area contributed by atoms with Crippen molar-refractivity contribution in [3.8, 4) is 5.75 Å². The normalized spacial score (nSPS) is 24.2. The summed E-state index contributed by atoms with van der Waals surface area (Å²) in [5.74, 6) is -9.31. The van der Waals surface area contributed by atoms with E-state index in [-0.39, 0.29) is 55.4 Å². The highest BCUT2D eigenvalue weighted by Crippen LogP contribution is 2.26. The first kappa shape index (κ1) is 58.0. The number of urea groups is 1. The van der Waals surface area contributed by atoms with Crippen molar-refractivity contribution < 1.29 is 57.8 Å². The largest absolute Gasteiger partial charge is 0.508 e. The Morgan fingerprint density at radius 2 is 1.41 bits per heavy atom. The summed E-state index contributed by atoms with van der Waals surface area (Å²) < 4.78 is 0. The van der Waals surface area contributed by atoms with E-state index in [1.807, 2.05) is 13.8 Å². The van der Waals surface area contributed by atoms with Crippen LogP contribution in [-0.2, 0) is 54.4 Å². The molecular weight excluding hydrogens is 955 g/mol. The Kier molecular flexibility index (Phi) is 23.5. The molecule has 1 aromatic rings. The van der Waals surface area contributed by atoms with Crippen molar-refractivity contribution >= 4 is 86.7 Å². The number of nitrogens with zero attached hydrogens (tertiary/aromatic N) is 1. The molecule has 2 heterocycles. The summed E-state index contributed by atoms with van der Waals surface area (Å²) >= 11 is 0. The topological polar surface area (TPSA) is 412 Å². The Morgan fingerprint density at radius 3 is 2.03 bits per heavy atom. The average Bonchev–Trinajstić information content (AvgIpc) is 3.79. The van der Waals surface area contributed by atoms with Crippen LogP contribution in [0.25, 0.3) is 0 Å². The molecule has 12 amide bonds. The van der Waals surface area contributed by atoms with Gasteiger partial charge in [-0.2, -0.15) is 0 Å². The van der Waals surface area contributed by atoms with E-state index in [0.29, 0.717) is 18.4 Å². The van der Waals surface area contributed by atoms with Gasteiger partial charge in [0.2, 0.25) is 59.1 Å². The van der Waals surface area contributed by atoms with Gasteiger partial charge >= 0.3 is 6.03 Å². The Hall–Kier alpha value is -6.35. The van der Waals surface area contributed by atoms with Gasteiger partial charge in [-0.1, -0.05) is 61.4 Å². The van der Waals surface area contributed by atoms with Crippen LogP contribution in [0.1, 0.15) is 78.2 Å². The van der Waals surface area contributed by atoms with E-state index >= 15 is 0 Å². The minimum absolute atomic E-state index is 0.0379. The highest BCUT2D eigenvalue weighted by molar-refractivity contribution is 8.76. The zero-order valence-electron chi connectivity index (χ0n) is 39.6. The quantitative estimate of drug-likeness (QED) is 0.0675. The van der Waals surface area contributed by atoms with E-state index in [1.165, 1.54) is 17.0 Å². The number of carbonyl (C=O) groups excluding carboxylic acids is 11. The molecule has 17 N–H and O–H groups in total. The third kappa shape index (κ3) is 19.2. The third-order valence-corrected chi connectivity index (χ3v) is 13.7. The molecule has 2 fully saturated rings. The van der Waals surface area contributed by atoms with Crippen LogP contribution >= 0.6 is 21.6 Å². The predicted molar refractivity (Wildman–Crippen MR) is 258 cm³/mol. The van der Waals surface area contributed by atoms with Crippen LogP contribution in [-0.4, -0.2) is 148 Å². The van der Waals surface area contributed by atoms with Gasteiger partial charge in [-0.3, -0.25) is 47.9 Å². The lowest BCUT2D eigenvalue weighted by Crippen LogP contribution is -2.62. The Balaban J connectivity index is 2.04. The maximum absolute atomic E-state index is 14.5. The molecule has 0 radical (unpaired) electrons. The van der Waals surface area contributed by atoms with Gasteiger partial charge < -0.3 is 75.5 Å². The van der Waals surface area contributed by atoms with Gasteiger partial charge in [0.15, 0.2) is 0 Å². The summed E-state index contributed by atoms with van der Waals surface area (Å²) in [6, 6.07) is -4.65. The SMILES string of the molecule is CC[C@H](C)[C@@H]1NC(=O)N[C@@H](CCC(N)=O)C(=O)N[C@@H](CC(N)=O)C(=O)N[C@H](C(=O)N2CCC[C@H]2C(=O)N[C@@H](CC(C)C)C(=O)NCC(N)=O)CSSC[C@H](N)C(=O)N[C@@H](Cc2ccc(O)cc2)C(=O)N1. The fourth-order valence-electron chi connectivity index (χ4n) is 7.28. The molecule has 3 rings (SSSR count). The summed E-state index contributed by atoms with van der Waals surface area (Å²) in [6.07, 6.45) is -1.70. The van der Waals surface area contributed by atoms with Gasteiger partial charge in [-0.05, 0) is 61.6 Å². The van der Waals surface area contributed by atoms with Crippen molar-refractivity contribution in [1.29, 1.82) is 0 Å². The molecule has 70 heavy (non-hydrogen) atoms. The molecule has 2 saturated heterocycles. The van der Waals surface area contributed by atoms with E-state index in [4.69, 9.17) is 22.9 Å². The van der Waals surface area contributed by atoms with Crippen LogP contribution in [0.2, 0.25) is 0 Å². The summed E-state index contributed by atoms with van der Waals surface area (Å²) in [7, 11) is 2.04. The lowest BCUT2D eigenvalue weighted by Gasteiger charge is -2.31. The van der Waals surface area contributed by atoms with Crippen LogP contribution < -0.4 is 65.5 Å². The zero-order valence-corrected chi connectivity index (χ0v) is 41.2. The third-order valence-electron chi connectivity index (χ3n) is 11.3. The molecule has 388 valence electrons. The van der Waals surface area contributed by atoms with Gasteiger partial charge in [0.05, 0.1) is 19.0 Å². The first-order valence-corrected chi connectivity index (χ1v) is 25.3. The second-order valence-corrected chi connectivity index (χ2v) is 20.1. The van der Waals surface area contributed by atoms with Gasteiger partial charge in [-0.15, -0.1) is 0 Å². The molecule has 0 saturated carbocycles. The predicted octanol–water partition coefficient (Wildman–Crippen LogP) is -3.47. The fourth-order valence-corrected chi connectivity index (χ4v) is 9.55. The van der Waals surface area contributed by atoms with Crippen molar-refractivity contribution in [2.75, 3.05) is 24.6 Å². The van der Waals surface area contributed by atoms with E-state index in [9.17, 15) is 57.8 Å². The number of hydrogen-bond acceptors (Lipinski definition) is 15. The Labute approximate surface area is 413 Å². The smallest absolute Gasteiger partial charge is 0.317 e. The molecule has 0 spiro atoms. The number of amides is 12. The van der Waals surface area contributed by atoms with E-state index in [0.717, 1.165) is 21.6 Å². The zero-order chi connectivity index (χ0) is 52.2. The van der Waals surface area contributed by atoms with Gasteiger partial charge in [0.1, 0.15) is 48.2 Å². The average molecular weight is 1020 g/mol. The number of likely N-dealkylation sites (tertiary alicyclic amines) is 1. The number of carbonyl (C=O) groups is 11. The number of aromatic hydroxyl groups is 1. The Morgan fingerprint density at radius 1 is 0.786 bits per heavy atom. The maximum Gasteiger partial charge on any atom is 0.317 e. The van der Waals surface area contributed by atoms with Crippen LogP contribution in [0.15, 0.2) is 24.3 Å². The number of phenols is 1. The minimum Gasteiger partial charge on any atom is -0.508 e. The van der Waals surface area contributed by atoms with Crippen molar-refractivity contribution in [3.63, 3.8) is 0 Å². The van der Waals surface area contributed by atoms with Crippen LogP contribution in [0, 0.1) is 11.8 Å². The number of nitrogens with one attached hydrogen (secondary N) is 8. The van der Waals surface area contributed by atoms with Crippen molar-refractivity contribution in [3.05, 3.63) is 29.8 Å². The first-order valence-electron chi connectivity index (χ1n) is 22.8. The van der Waals surface area contributed by atoms with Crippen molar-refractivity contribution in [1.82, 2.24) is 47.4 Å². The summed E-state index contributed by atoms with van der Waals surface area (Å²) in [5, 5.41) is 30.3. The van der Waals surface area contributed by atoms with Gasteiger partial charge in [0.25, 0.3) is 0 Å². The number of nitrogens with two attached hydrogens (primary N) is 4. The lowest BCUT2D eigenvalue weighted by atomic mass is 10.0. The number of benzene rings is 1. The number of rotatable bonds is 17. The molecule has 2 aliphatic rings. The van der Waals surface area contributed by atoms with Gasteiger partial charge in [0, 0.05) is 30.9 Å². The molecular formula is C43H67N13O12S2. The highest BCUT2D eigenvalue weighted by Gasteiger charge is 2.40. The van der Waals surface area contributed by atoms with Crippen LogP contribution in [0.4, 0.5) is 4.79 Å². The molecule has 27 heteroatoms. The molecule has 2 aliphatic heterocycles.